The van der Waals surface area contributed by atoms with Gasteiger partial charge in [-0.15, -0.1) is 0 Å². The molecule has 132 valence electrons. The molecular weight excluding hydrogens is 296 g/mol. The van der Waals surface area contributed by atoms with Crippen molar-refractivity contribution in [3.8, 4) is 0 Å². The van der Waals surface area contributed by atoms with Crippen molar-refractivity contribution in [1.29, 1.82) is 0 Å². The molecule has 1 unspecified atom stereocenters. The van der Waals surface area contributed by atoms with Gasteiger partial charge in [0, 0.05) is 18.5 Å². The lowest BCUT2D eigenvalue weighted by atomic mass is 9.86. The van der Waals surface area contributed by atoms with Crippen molar-refractivity contribution in [2.24, 2.45) is 5.92 Å². The molecule has 0 saturated carbocycles. The number of amides is 1. The van der Waals surface area contributed by atoms with Crippen molar-refractivity contribution in [1.82, 2.24) is 10.2 Å². The van der Waals surface area contributed by atoms with Crippen LogP contribution in [0.2, 0.25) is 0 Å². The molecule has 2 fully saturated rings. The minimum Gasteiger partial charge on any atom is -0.335 e. The van der Waals surface area contributed by atoms with E-state index in [2.05, 4.69) is 62.2 Å². The van der Waals surface area contributed by atoms with Gasteiger partial charge in [0.2, 0.25) is 5.91 Å². The molecule has 2 saturated heterocycles. The van der Waals surface area contributed by atoms with Crippen LogP contribution in [0.15, 0.2) is 24.3 Å². The number of nitrogens with zero attached hydrogens (tertiary/aromatic N) is 1. The van der Waals surface area contributed by atoms with Gasteiger partial charge in [-0.25, -0.2) is 0 Å². The Morgan fingerprint density at radius 1 is 1.17 bits per heavy atom. The zero-order chi connectivity index (χ0) is 17.3. The first-order valence-electron chi connectivity index (χ1n) is 9.50. The van der Waals surface area contributed by atoms with Crippen molar-refractivity contribution in [3.05, 3.63) is 35.4 Å². The highest BCUT2D eigenvalue weighted by Crippen LogP contribution is 2.35. The average Bonchev–Trinajstić information content (AvgIpc) is 3.03. The molecule has 2 heterocycles. The maximum atomic E-state index is 13.1. The number of carbonyl (C=O) groups is 1. The average molecular weight is 329 g/mol. The largest absolute Gasteiger partial charge is 0.335 e. The summed E-state index contributed by atoms with van der Waals surface area (Å²) in [6.07, 6.45) is 4.18. The number of benzene rings is 1. The van der Waals surface area contributed by atoms with Crippen molar-refractivity contribution >= 4 is 5.91 Å². The van der Waals surface area contributed by atoms with Crippen LogP contribution in [0.1, 0.15) is 70.5 Å². The van der Waals surface area contributed by atoms with Crippen LogP contribution < -0.4 is 5.32 Å². The lowest BCUT2D eigenvalue weighted by molar-refractivity contribution is -0.137. The first kappa shape index (κ1) is 17.5. The Morgan fingerprint density at radius 2 is 1.88 bits per heavy atom. The molecule has 0 bridgehead atoms. The molecule has 1 aromatic rings. The molecular formula is C21H32N2O. The predicted molar refractivity (Wildman–Crippen MR) is 99.0 cm³/mol. The summed E-state index contributed by atoms with van der Waals surface area (Å²) in [4.78, 5) is 15.2. The summed E-state index contributed by atoms with van der Waals surface area (Å²) in [5.41, 5.74) is 2.83. The van der Waals surface area contributed by atoms with Crippen LogP contribution in [0.3, 0.4) is 0 Å². The SMILES string of the molecule is C[C@H]1C[C@@H](C(=O)N2CCCC2c2ccc(C(C)(C)C)cc2)CCN1. The Balaban J connectivity index is 1.74. The maximum Gasteiger partial charge on any atom is 0.226 e. The van der Waals surface area contributed by atoms with Gasteiger partial charge in [-0.2, -0.15) is 0 Å². The summed E-state index contributed by atoms with van der Waals surface area (Å²) >= 11 is 0. The van der Waals surface area contributed by atoms with Gasteiger partial charge < -0.3 is 10.2 Å². The Morgan fingerprint density at radius 3 is 2.50 bits per heavy atom. The van der Waals surface area contributed by atoms with Gasteiger partial charge in [-0.1, -0.05) is 45.0 Å². The Kier molecular flexibility index (Phi) is 5.00. The lowest BCUT2D eigenvalue weighted by Crippen LogP contribution is -2.44. The summed E-state index contributed by atoms with van der Waals surface area (Å²) in [6, 6.07) is 9.69. The molecule has 0 spiro atoms. The van der Waals surface area contributed by atoms with Crippen LogP contribution in [0.25, 0.3) is 0 Å². The van der Waals surface area contributed by atoms with E-state index in [0.717, 1.165) is 38.8 Å². The van der Waals surface area contributed by atoms with Crippen molar-refractivity contribution in [2.75, 3.05) is 13.1 Å². The Hall–Kier alpha value is -1.35. The number of hydrogen-bond acceptors (Lipinski definition) is 2. The molecule has 1 amide bonds. The van der Waals surface area contributed by atoms with Crippen molar-refractivity contribution in [3.63, 3.8) is 0 Å². The summed E-state index contributed by atoms with van der Waals surface area (Å²) in [5, 5.41) is 3.45. The van der Waals surface area contributed by atoms with Crippen LogP contribution >= 0.6 is 0 Å². The van der Waals surface area contributed by atoms with E-state index in [1.54, 1.807) is 0 Å². The Labute approximate surface area is 146 Å². The minimum atomic E-state index is 0.176. The number of rotatable bonds is 2. The third-order valence-corrected chi connectivity index (χ3v) is 5.67. The molecule has 3 atom stereocenters. The fourth-order valence-corrected chi connectivity index (χ4v) is 4.17. The van der Waals surface area contributed by atoms with Crippen LogP contribution in [0.5, 0.6) is 0 Å². The minimum absolute atomic E-state index is 0.176. The van der Waals surface area contributed by atoms with E-state index < -0.39 is 0 Å². The molecule has 2 aliphatic heterocycles. The van der Waals surface area contributed by atoms with E-state index in [0.29, 0.717) is 11.9 Å². The zero-order valence-electron chi connectivity index (χ0n) is 15.6. The second-order valence-electron chi connectivity index (χ2n) is 8.64. The molecule has 0 aromatic heterocycles. The third-order valence-electron chi connectivity index (χ3n) is 5.67. The first-order chi connectivity index (χ1) is 11.4. The Bertz CT molecular complexity index is 572. The van der Waals surface area contributed by atoms with Crippen LogP contribution in [0, 0.1) is 5.92 Å². The van der Waals surface area contributed by atoms with Gasteiger partial charge in [0.05, 0.1) is 6.04 Å². The van der Waals surface area contributed by atoms with E-state index in [1.807, 2.05) is 0 Å². The maximum absolute atomic E-state index is 13.1. The van der Waals surface area contributed by atoms with E-state index in [1.165, 1.54) is 11.1 Å². The molecule has 3 heteroatoms. The molecule has 2 aliphatic rings. The number of likely N-dealkylation sites (tertiary alicyclic amines) is 1. The standard InChI is InChI=1S/C21H32N2O/c1-15-14-17(11-12-22-15)20(24)23-13-5-6-19(23)16-7-9-18(10-8-16)21(2,3)4/h7-10,15,17,19,22H,5-6,11-14H2,1-4H3/t15-,17-,19?/m0/s1. The highest BCUT2D eigenvalue weighted by molar-refractivity contribution is 5.79. The highest BCUT2D eigenvalue weighted by Gasteiger charge is 2.35. The van der Waals surface area contributed by atoms with E-state index in [9.17, 15) is 4.79 Å². The number of piperidine rings is 1. The summed E-state index contributed by atoms with van der Waals surface area (Å²) < 4.78 is 0. The zero-order valence-corrected chi connectivity index (χ0v) is 15.6. The molecule has 0 radical (unpaired) electrons. The van der Waals surface area contributed by atoms with Crippen molar-refractivity contribution < 1.29 is 4.79 Å². The normalized spacial score (nSPS) is 28.2. The smallest absolute Gasteiger partial charge is 0.226 e. The second kappa shape index (κ2) is 6.87. The van der Waals surface area contributed by atoms with E-state index >= 15 is 0 Å². The molecule has 3 nitrogen and oxygen atoms in total. The van der Waals surface area contributed by atoms with Gasteiger partial charge in [-0.3, -0.25) is 4.79 Å². The summed E-state index contributed by atoms with van der Waals surface area (Å²) in [6.45, 7) is 10.8. The van der Waals surface area contributed by atoms with Gasteiger partial charge >= 0.3 is 0 Å². The molecule has 0 aliphatic carbocycles. The first-order valence-corrected chi connectivity index (χ1v) is 9.50. The van der Waals surface area contributed by atoms with Gasteiger partial charge in [0.25, 0.3) is 0 Å². The monoisotopic (exact) mass is 328 g/mol. The van der Waals surface area contributed by atoms with E-state index in [-0.39, 0.29) is 17.4 Å². The molecule has 3 rings (SSSR count). The lowest BCUT2D eigenvalue weighted by Gasteiger charge is -2.33. The van der Waals surface area contributed by atoms with Crippen LogP contribution in [0.4, 0.5) is 0 Å². The summed E-state index contributed by atoms with van der Waals surface area (Å²) in [7, 11) is 0. The third kappa shape index (κ3) is 3.66. The molecule has 24 heavy (non-hydrogen) atoms. The predicted octanol–water partition coefficient (Wildman–Crippen LogP) is 4.04. The van der Waals surface area contributed by atoms with Gasteiger partial charge in [0.1, 0.15) is 0 Å². The fraction of sp³-hybridized carbons (Fsp3) is 0.667. The number of hydrogen-bond donors (Lipinski definition) is 1. The second-order valence-corrected chi connectivity index (χ2v) is 8.64. The van der Waals surface area contributed by atoms with Crippen molar-refractivity contribution in [2.45, 2.75) is 70.9 Å². The topological polar surface area (TPSA) is 32.3 Å². The van der Waals surface area contributed by atoms with Crippen LogP contribution in [-0.4, -0.2) is 29.9 Å². The van der Waals surface area contributed by atoms with Crippen LogP contribution in [-0.2, 0) is 10.2 Å². The number of nitrogens with one attached hydrogen (secondary N) is 1. The molecule has 1 N–H and O–H groups in total. The van der Waals surface area contributed by atoms with Gasteiger partial charge in [-0.05, 0) is 55.7 Å². The fourth-order valence-electron chi connectivity index (χ4n) is 4.17. The highest BCUT2D eigenvalue weighted by atomic mass is 16.2. The quantitative estimate of drug-likeness (QED) is 0.889. The summed E-state index contributed by atoms with van der Waals surface area (Å²) in [5.74, 6) is 0.585. The van der Waals surface area contributed by atoms with E-state index in [4.69, 9.17) is 0 Å². The van der Waals surface area contributed by atoms with Gasteiger partial charge in [0.15, 0.2) is 0 Å². The number of carbonyl (C=O) groups excluding carboxylic acids is 1. The molecule has 1 aromatic carbocycles.